The second kappa shape index (κ2) is 3.97. The van der Waals surface area contributed by atoms with Gasteiger partial charge in [-0.2, -0.15) is 0 Å². The molecule has 0 saturated heterocycles. The Morgan fingerprint density at radius 3 is 2.50 bits per heavy atom. The van der Waals surface area contributed by atoms with E-state index in [0.29, 0.717) is 12.2 Å². The Labute approximate surface area is 63.8 Å². The molecule has 0 aromatic heterocycles. The molecular weight excluding hydrogens is 124 g/mol. The van der Waals surface area contributed by atoms with E-state index in [1.165, 1.54) is 25.7 Å². The predicted molar refractivity (Wildman–Crippen MR) is 42.8 cm³/mol. The summed E-state index contributed by atoms with van der Waals surface area (Å²) in [6, 6.07) is 0. The maximum atomic E-state index is 5.70. The molecule has 1 aliphatic rings. The van der Waals surface area contributed by atoms with Crippen molar-refractivity contribution in [2.24, 2.45) is 0 Å². The highest BCUT2D eigenvalue weighted by atomic mass is 16.5. The summed E-state index contributed by atoms with van der Waals surface area (Å²) in [4.78, 5) is 0. The molecule has 1 atom stereocenters. The Morgan fingerprint density at radius 1 is 1.40 bits per heavy atom. The van der Waals surface area contributed by atoms with Crippen molar-refractivity contribution in [2.45, 2.75) is 51.7 Å². The van der Waals surface area contributed by atoms with E-state index in [4.69, 9.17) is 4.74 Å². The zero-order valence-corrected chi connectivity index (χ0v) is 6.97. The van der Waals surface area contributed by atoms with Gasteiger partial charge in [-0.25, -0.2) is 0 Å². The van der Waals surface area contributed by atoms with Gasteiger partial charge >= 0.3 is 0 Å². The molecule has 0 spiro atoms. The summed E-state index contributed by atoms with van der Waals surface area (Å²) >= 11 is 0. The van der Waals surface area contributed by atoms with E-state index in [1.807, 2.05) is 0 Å². The van der Waals surface area contributed by atoms with Crippen LogP contribution in [0.2, 0.25) is 0 Å². The normalized spacial score (nSPS) is 23.4. The first-order chi connectivity index (χ1) is 4.83. The first kappa shape index (κ1) is 8.06. The maximum Gasteiger partial charge on any atom is 0.0579 e. The Hall–Kier alpha value is -0.0400. The molecule has 1 rings (SSSR count). The minimum Gasteiger partial charge on any atom is -0.375 e. The van der Waals surface area contributed by atoms with E-state index < -0.39 is 0 Å². The fraction of sp³-hybridized carbons (Fsp3) is 0.889. The Balaban J connectivity index is 2.11. The summed E-state index contributed by atoms with van der Waals surface area (Å²) in [6.07, 6.45) is 8.30. The van der Waals surface area contributed by atoms with E-state index in [9.17, 15) is 0 Å². The van der Waals surface area contributed by atoms with Gasteiger partial charge in [0.05, 0.1) is 12.2 Å². The summed E-state index contributed by atoms with van der Waals surface area (Å²) in [7, 11) is 0. The van der Waals surface area contributed by atoms with Gasteiger partial charge in [-0.3, -0.25) is 0 Å². The molecule has 1 fully saturated rings. The zero-order chi connectivity index (χ0) is 7.40. The maximum absolute atomic E-state index is 5.70. The fourth-order valence-electron chi connectivity index (χ4n) is 1.41. The molecule has 0 aromatic rings. The zero-order valence-electron chi connectivity index (χ0n) is 6.97. The average molecular weight is 141 g/mol. The Kier molecular flexibility index (Phi) is 3.20. The first-order valence-corrected chi connectivity index (χ1v) is 4.28. The molecule has 1 heteroatoms. The van der Waals surface area contributed by atoms with E-state index in [-0.39, 0.29) is 0 Å². The van der Waals surface area contributed by atoms with Gasteiger partial charge in [0.25, 0.3) is 0 Å². The summed E-state index contributed by atoms with van der Waals surface area (Å²) in [6.45, 7) is 4.16. The van der Waals surface area contributed by atoms with Gasteiger partial charge in [-0.1, -0.05) is 19.8 Å². The molecule has 1 saturated carbocycles. The highest BCUT2D eigenvalue weighted by molar-refractivity contribution is 4.72. The fourth-order valence-corrected chi connectivity index (χ4v) is 1.41. The van der Waals surface area contributed by atoms with Crippen molar-refractivity contribution in [3.63, 3.8) is 0 Å². The molecule has 0 aromatic carbocycles. The highest BCUT2D eigenvalue weighted by Gasteiger charge is 2.16. The molecule has 0 heterocycles. The number of hydrogen-bond acceptors (Lipinski definition) is 1. The quantitative estimate of drug-likeness (QED) is 0.587. The lowest BCUT2D eigenvalue weighted by Crippen LogP contribution is -2.16. The summed E-state index contributed by atoms with van der Waals surface area (Å²) in [5.41, 5.74) is 0. The molecule has 10 heavy (non-hydrogen) atoms. The van der Waals surface area contributed by atoms with Gasteiger partial charge in [-0.05, 0) is 26.2 Å². The van der Waals surface area contributed by atoms with Crippen molar-refractivity contribution in [1.82, 2.24) is 0 Å². The smallest absolute Gasteiger partial charge is 0.0579 e. The van der Waals surface area contributed by atoms with Crippen LogP contribution < -0.4 is 0 Å². The first-order valence-electron chi connectivity index (χ1n) is 4.28. The lowest BCUT2D eigenvalue weighted by molar-refractivity contribution is 0.0197. The van der Waals surface area contributed by atoms with Crippen LogP contribution in [-0.2, 0) is 4.74 Å². The minimum absolute atomic E-state index is 0.350. The summed E-state index contributed by atoms with van der Waals surface area (Å²) in [5, 5.41) is 0. The standard InChI is InChI=1S/C9H17O/c1-3-8(2)10-9-6-4-5-7-9/h3,8-9H,4-7H2,1-2H3. The molecular formula is C9H17O. The van der Waals surface area contributed by atoms with Crippen molar-refractivity contribution in [3.05, 3.63) is 6.42 Å². The molecule has 0 aliphatic heterocycles. The van der Waals surface area contributed by atoms with Crippen LogP contribution in [0.3, 0.4) is 0 Å². The van der Waals surface area contributed by atoms with Crippen molar-refractivity contribution in [3.8, 4) is 0 Å². The van der Waals surface area contributed by atoms with E-state index in [1.54, 1.807) is 0 Å². The minimum atomic E-state index is 0.350. The lowest BCUT2D eigenvalue weighted by Gasteiger charge is -2.15. The average Bonchev–Trinajstić information content (AvgIpc) is 2.40. The SMILES string of the molecule is C[CH]C(C)OC1CCCC1. The van der Waals surface area contributed by atoms with Gasteiger partial charge in [0.1, 0.15) is 0 Å². The van der Waals surface area contributed by atoms with E-state index >= 15 is 0 Å². The van der Waals surface area contributed by atoms with Gasteiger partial charge in [-0.15, -0.1) is 0 Å². The largest absolute Gasteiger partial charge is 0.375 e. The van der Waals surface area contributed by atoms with Crippen LogP contribution in [0.4, 0.5) is 0 Å². The number of ether oxygens (including phenoxy) is 1. The molecule has 0 bridgehead atoms. The third kappa shape index (κ3) is 2.30. The van der Waals surface area contributed by atoms with Crippen LogP contribution in [0.5, 0.6) is 0 Å². The third-order valence-corrected chi connectivity index (χ3v) is 2.18. The second-order valence-electron chi connectivity index (χ2n) is 3.08. The summed E-state index contributed by atoms with van der Waals surface area (Å²) < 4.78 is 5.70. The van der Waals surface area contributed by atoms with Crippen molar-refractivity contribution in [2.75, 3.05) is 0 Å². The second-order valence-corrected chi connectivity index (χ2v) is 3.08. The molecule has 1 unspecified atom stereocenters. The monoisotopic (exact) mass is 141 g/mol. The molecule has 1 aliphatic carbocycles. The van der Waals surface area contributed by atoms with Crippen molar-refractivity contribution < 1.29 is 4.74 Å². The van der Waals surface area contributed by atoms with Gasteiger partial charge in [0, 0.05) is 0 Å². The molecule has 59 valence electrons. The van der Waals surface area contributed by atoms with Crippen molar-refractivity contribution >= 4 is 0 Å². The molecule has 1 radical (unpaired) electrons. The molecule has 0 N–H and O–H groups in total. The van der Waals surface area contributed by atoms with Crippen LogP contribution in [0.1, 0.15) is 39.5 Å². The van der Waals surface area contributed by atoms with Crippen LogP contribution in [0.15, 0.2) is 0 Å². The number of rotatable bonds is 3. The van der Waals surface area contributed by atoms with Crippen LogP contribution in [-0.4, -0.2) is 12.2 Å². The highest BCUT2D eigenvalue weighted by Crippen LogP contribution is 2.22. The Morgan fingerprint density at radius 2 is 2.00 bits per heavy atom. The van der Waals surface area contributed by atoms with Crippen LogP contribution >= 0.6 is 0 Å². The molecule has 1 nitrogen and oxygen atoms in total. The van der Waals surface area contributed by atoms with Crippen molar-refractivity contribution in [1.29, 1.82) is 0 Å². The van der Waals surface area contributed by atoms with E-state index in [2.05, 4.69) is 20.3 Å². The topological polar surface area (TPSA) is 9.23 Å². The molecule has 0 amide bonds. The summed E-state index contributed by atoms with van der Waals surface area (Å²) in [5.74, 6) is 0. The van der Waals surface area contributed by atoms with Gasteiger partial charge < -0.3 is 4.74 Å². The predicted octanol–water partition coefficient (Wildman–Crippen LogP) is 2.56. The van der Waals surface area contributed by atoms with Gasteiger partial charge in [0.2, 0.25) is 0 Å². The third-order valence-electron chi connectivity index (χ3n) is 2.18. The Bertz CT molecular complexity index is 84.7. The number of hydrogen-bond donors (Lipinski definition) is 0. The van der Waals surface area contributed by atoms with Gasteiger partial charge in [0.15, 0.2) is 0 Å². The van der Waals surface area contributed by atoms with Crippen LogP contribution in [0, 0.1) is 6.42 Å². The van der Waals surface area contributed by atoms with E-state index in [0.717, 1.165) is 0 Å². The lowest BCUT2D eigenvalue weighted by atomic mass is 10.2. The van der Waals surface area contributed by atoms with Crippen LogP contribution in [0.25, 0.3) is 0 Å².